The van der Waals surface area contributed by atoms with Crippen molar-refractivity contribution < 1.29 is 0 Å². The normalized spacial score (nSPS) is 18.5. The van der Waals surface area contributed by atoms with E-state index in [0.717, 1.165) is 16.0 Å². The molecule has 1 aromatic carbocycles. The van der Waals surface area contributed by atoms with E-state index < -0.39 is 0 Å². The second-order valence-electron chi connectivity index (χ2n) is 4.69. The highest BCUT2D eigenvalue weighted by atomic mass is 79.9. The Hall–Kier alpha value is -0.0900. The van der Waals surface area contributed by atoms with Crippen LogP contribution in [0.3, 0.4) is 0 Å². The van der Waals surface area contributed by atoms with Crippen molar-refractivity contribution in [1.29, 1.82) is 0 Å². The zero-order valence-corrected chi connectivity index (χ0v) is 12.4. The second kappa shape index (κ2) is 6.19. The Labute approximate surface area is 116 Å². The Morgan fingerprint density at radius 2 is 2.12 bits per heavy atom. The van der Waals surface area contributed by atoms with Gasteiger partial charge in [0.25, 0.3) is 0 Å². The zero-order valence-electron chi connectivity index (χ0n) is 10.0. The summed E-state index contributed by atoms with van der Waals surface area (Å²) >= 11 is 9.47. The summed E-state index contributed by atoms with van der Waals surface area (Å²) in [5.41, 5.74) is 1.27. The minimum atomic E-state index is 0.647. The third-order valence-electron chi connectivity index (χ3n) is 3.31. The van der Waals surface area contributed by atoms with Gasteiger partial charge in [0.1, 0.15) is 0 Å². The molecular weight excluding hydrogens is 300 g/mol. The molecule has 1 aliphatic rings. The van der Waals surface area contributed by atoms with Gasteiger partial charge in [-0.3, -0.25) is 0 Å². The largest absolute Gasteiger partial charge is 0.310 e. The van der Waals surface area contributed by atoms with Gasteiger partial charge in [-0.25, -0.2) is 0 Å². The number of rotatable bonds is 3. The van der Waals surface area contributed by atoms with Crippen LogP contribution in [0.2, 0.25) is 5.02 Å². The molecule has 1 saturated heterocycles. The molecule has 1 aromatic rings. The van der Waals surface area contributed by atoms with Gasteiger partial charge < -0.3 is 10.2 Å². The van der Waals surface area contributed by atoms with E-state index >= 15 is 0 Å². The first kappa shape index (κ1) is 13.3. The number of benzene rings is 1. The molecule has 1 aliphatic heterocycles. The lowest BCUT2D eigenvalue weighted by molar-refractivity contribution is 0.234. The Bertz CT molecular complexity index is 376. The van der Waals surface area contributed by atoms with Gasteiger partial charge in [0, 0.05) is 22.1 Å². The van der Waals surface area contributed by atoms with E-state index in [4.69, 9.17) is 11.6 Å². The SMILES string of the molecule is CN1CCC(NCc2ccc(Cl)cc2Br)CC1. The highest BCUT2D eigenvalue weighted by Crippen LogP contribution is 2.21. The summed E-state index contributed by atoms with van der Waals surface area (Å²) in [5.74, 6) is 0. The van der Waals surface area contributed by atoms with Gasteiger partial charge in [0.05, 0.1) is 0 Å². The number of nitrogens with one attached hydrogen (secondary N) is 1. The van der Waals surface area contributed by atoms with Crippen LogP contribution in [0.5, 0.6) is 0 Å². The number of nitrogens with zero attached hydrogens (tertiary/aromatic N) is 1. The number of halogens is 2. The van der Waals surface area contributed by atoms with Crippen LogP contribution in [0, 0.1) is 0 Å². The smallest absolute Gasteiger partial charge is 0.0417 e. The van der Waals surface area contributed by atoms with Crippen LogP contribution < -0.4 is 5.32 Å². The van der Waals surface area contributed by atoms with Gasteiger partial charge in [-0.1, -0.05) is 33.6 Å². The summed E-state index contributed by atoms with van der Waals surface area (Å²) < 4.78 is 1.09. The molecule has 1 heterocycles. The van der Waals surface area contributed by atoms with Crippen molar-refractivity contribution in [3.63, 3.8) is 0 Å². The molecule has 4 heteroatoms. The van der Waals surface area contributed by atoms with Gasteiger partial charge in [-0.05, 0) is 50.7 Å². The fraction of sp³-hybridized carbons (Fsp3) is 0.538. The molecular formula is C13H18BrClN2. The summed E-state index contributed by atoms with van der Waals surface area (Å²) in [6.45, 7) is 3.30. The molecule has 17 heavy (non-hydrogen) atoms. The van der Waals surface area contributed by atoms with Gasteiger partial charge in [-0.2, -0.15) is 0 Å². The first-order valence-electron chi connectivity index (χ1n) is 6.01. The van der Waals surface area contributed by atoms with E-state index in [2.05, 4.69) is 39.3 Å². The standard InChI is InChI=1S/C13H18BrClN2/c1-17-6-4-12(5-7-17)16-9-10-2-3-11(15)8-13(10)14/h2-3,8,12,16H,4-7,9H2,1H3. The maximum atomic E-state index is 5.93. The molecule has 0 aliphatic carbocycles. The summed E-state index contributed by atoms with van der Waals surface area (Å²) in [5, 5.41) is 4.40. The molecule has 2 nitrogen and oxygen atoms in total. The molecule has 0 amide bonds. The summed E-state index contributed by atoms with van der Waals surface area (Å²) in [7, 11) is 2.19. The van der Waals surface area contributed by atoms with E-state index in [-0.39, 0.29) is 0 Å². The average Bonchev–Trinajstić information content (AvgIpc) is 2.30. The molecule has 1 fully saturated rings. The number of piperidine rings is 1. The third kappa shape index (κ3) is 3.95. The van der Waals surface area contributed by atoms with Crippen molar-refractivity contribution in [2.75, 3.05) is 20.1 Å². The number of hydrogen-bond acceptors (Lipinski definition) is 2. The molecule has 0 unspecified atom stereocenters. The van der Waals surface area contributed by atoms with Gasteiger partial charge in [0.15, 0.2) is 0 Å². The van der Waals surface area contributed by atoms with Crippen molar-refractivity contribution in [3.05, 3.63) is 33.3 Å². The van der Waals surface area contributed by atoms with E-state index in [1.807, 2.05) is 12.1 Å². The van der Waals surface area contributed by atoms with Crippen molar-refractivity contribution in [3.8, 4) is 0 Å². The van der Waals surface area contributed by atoms with Crippen molar-refractivity contribution >= 4 is 27.5 Å². The van der Waals surface area contributed by atoms with Gasteiger partial charge in [0.2, 0.25) is 0 Å². The van der Waals surface area contributed by atoms with Crippen LogP contribution in [0.4, 0.5) is 0 Å². The molecule has 1 N–H and O–H groups in total. The molecule has 0 spiro atoms. The Balaban J connectivity index is 1.85. The quantitative estimate of drug-likeness (QED) is 0.920. The second-order valence-corrected chi connectivity index (χ2v) is 5.98. The molecule has 0 aromatic heterocycles. The zero-order chi connectivity index (χ0) is 12.3. The maximum absolute atomic E-state index is 5.93. The first-order chi connectivity index (χ1) is 8.15. The highest BCUT2D eigenvalue weighted by Gasteiger charge is 2.15. The topological polar surface area (TPSA) is 15.3 Å². The highest BCUT2D eigenvalue weighted by molar-refractivity contribution is 9.10. The van der Waals surface area contributed by atoms with Gasteiger partial charge in [-0.15, -0.1) is 0 Å². The lowest BCUT2D eigenvalue weighted by atomic mass is 10.1. The van der Waals surface area contributed by atoms with Crippen LogP contribution in [0.1, 0.15) is 18.4 Å². The first-order valence-corrected chi connectivity index (χ1v) is 7.18. The molecule has 0 saturated carbocycles. The Morgan fingerprint density at radius 3 is 2.76 bits per heavy atom. The van der Waals surface area contributed by atoms with Crippen LogP contribution in [0.15, 0.2) is 22.7 Å². The van der Waals surface area contributed by atoms with E-state index in [1.54, 1.807) is 0 Å². The van der Waals surface area contributed by atoms with E-state index in [0.29, 0.717) is 6.04 Å². The molecule has 94 valence electrons. The monoisotopic (exact) mass is 316 g/mol. The summed E-state index contributed by atoms with van der Waals surface area (Å²) in [4.78, 5) is 2.39. The summed E-state index contributed by atoms with van der Waals surface area (Å²) in [6.07, 6.45) is 2.48. The average molecular weight is 318 g/mol. The van der Waals surface area contributed by atoms with Crippen LogP contribution in [0.25, 0.3) is 0 Å². The number of likely N-dealkylation sites (tertiary alicyclic amines) is 1. The lowest BCUT2D eigenvalue weighted by Gasteiger charge is -2.29. The third-order valence-corrected chi connectivity index (χ3v) is 4.29. The Kier molecular flexibility index (Phi) is 4.86. The fourth-order valence-electron chi connectivity index (χ4n) is 2.13. The predicted octanol–water partition coefficient (Wildman–Crippen LogP) is 3.29. The van der Waals surface area contributed by atoms with Crippen LogP contribution in [-0.4, -0.2) is 31.1 Å². The Morgan fingerprint density at radius 1 is 1.41 bits per heavy atom. The van der Waals surface area contributed by atoms with E-state index in [1.165, 1.54) is 31.5 Å². The minimum Gasteiger partial charge on any atom is -0.310 e. The van der Waals surface area contributed by atoms with Crippen molar-refractivity contribution in [1.82, 2.24) is 10.2 Å². The fourth-order valence-corrected chi connectivity index (χ4v) is 2.95. The molecule has 0 atom stereocenters. The maximum Gasteiger partial charge on any atom is 0.0417 e. The summed E-state index contributed by atoms with van der Waals surface area (Å²) in [6, 6.07) is 6.62. The number of hydrogen-bond donors (Lipinski definition) is 1. The van der Waals surface area contributed by atoms with Crippen molar-refractivity contribution in [2.24, 2.45) is 0 Å². The molecule has 2 rings (SSSR count). The van der Waals surface area contributed by atoms with Gasteiger partial charge >= 0.3 is 0 Å². The van der Waals surface area contributed by atoms with Crippen LogP contribution in [-0.2, 0) is 6.54 Å². The lowest BCUT2D eigenvalue weighted by Crippen LogP contribution is -2.40. The molecule has 0 radical (unpaired) electrons. The predicted molar refractivity (Wildman–Crippen MR) is 76.5 cm³/mol. The van der Waals surface area contributed by atoms with Crippen molar-refractivity contribution in [2.45, 2.75) is 25.4 Å². The van der Waals surface area contributed by atoms with E-state index in [9.17, 15) is 0 Å². The minimum absolute atomic E-state index is 0.647. The van der Waals surface area contributed by atoms with Crippen LogP contribution >= 0.6 is 27.5 Å². The molecule has 0 bridgehead atoms.